The number of aromatic nitrogens is 1. The maximum atomic E-state index is 12.9. The highest BCUT2D eigenvalue weighted by Crippen LogP contribution is 2.26. The normalized spacial score (nSPS) is 17.2. The topological polar surface area (TPSA) is 124 Å². The maximum Gasteiger partial charge on any atom is 0.425 e. The van der Waals surface area contributed by atoms with Crippen LogP contribution in [0.1, 0.15) is 57.5 Å². The van der Waals surface area contributed by atoms with Crippen LogP contribution < -0.4 is 10.2 Å². The zero-order valence-corrected chi connectivity index (χ0v) is 22.3. The molecule has 1 aromatic heterocycles. The van der Waals surface area contributed by atoms with E-state index in [-0.39, 0.29) is 23.7 Å². The van der Waals surface area contributed by atoms with Crippen LogP contribution in [0.3, 0.4) is 0 Å². The van der Waals surface area contributed by atoms with Crippen molar-refractivity contribution in [3.05, 3.63) is 58.7 Å². The Bertz CT molecular complexity index is 1180. The van der Waals surface area contributed by atoms with E-state index in [4.69, 9.17) is 25.8 Å². The minimum atomic E-state index is -0.957. The van der Waals surface area contributed by atoms with Crippen molar-refractivity contribution < 1.29 is 33.4 Å². The molecule has 3 rings (SSSR count). The first-order chi connectivity index (χ1) is 17.1. The number of nitrogens with one attached hydrogen (secondary N) is 1. The van der Waals surface area contributed by atoms with Crippen molar-refractivity contribution >= 4 is 41.5 Å². The third-order valence-corrected chi connectivity index (χ3v) is 5.16. The largest absolute Gasteiger partial charge is 0.443 e. The zero-order valence-electron chi connectivity index (χ0n) is 21.5. The van der Waals surface area contributed by atoms with Crippen LogP contribution in [0, 0.1) is 5.92 Å². The summed E-state index contributed by atoms with van der Waals surface area (Å²) in [6, 6.07) is 9.39. The Kier molecular flexibility index (Phi) is 8.12. The van der Waals surface area contributed by atoms with Gasteiger partial charge in [-0.3, -0.25) is 4.79 Å². The minimum Gasteiger partial charge on any atom is -0.443 e. The summed E-state index contributed by atoms with van der Waals surface area (Å²) in [5, 5.41) is 2.95. The number of rotatable bonds is 5. The molecule has 0 saturated carbocycles. The van der Waals surface area contributed by atoms with E-state index in [1.54, 1.807) is 65.8 Å². The predicted octanol–water partition coefficient (Wildman–Crippen LogP) is 4.88. The second-order valence-corrected chi connectivity index (χ2v) is 10.9. The van der Waals surface area contributed by atoms with Crippen LogP contribution in [0.2, 0.25) is 5.02 Å². The Balaban J connectivity index is 1.79. The van der Waals surface area contributed by atoms with Crippen molar-refractivity contribution in [2.75, 3.05) is 4.90 Å². The quantitative estimate of drug-likeness (QED) is 0.329. The van der Waals surface area contributed by atoms with E-state index in [1.165, 1.54) is 18.3 Å². The average molecular weight is 532 g/mol. The Hall–Kier alpha value is -3.66. The van der Waals surface area contributed by atoms with E-state index >= 15 is 0 Å². The number of carbonyl (C=O) groups excluding carboxylic acids is 4. The molecule has 1 aromatic carbocycles. The first-order valence-electron chi connectivity index (χ1n) is 11.6. The van der Waals surface area contributed by atoms with Crippen molar-refractivity contribution in [2.24, 2.45) is 5.92 Å². The molecule has 0 spiro atoms. The Morgan fingerprint density at radius 2 is 1.62 bits per heavy atom. The lowest BCUT2D eigenvalue weighted by atomic mass is 9.91. The smallest absolute Gasteiger partial charge is 0.425 e. The lowest BCUT2D eigenvalue weighted by Gasteiger charge is -2.36. The van der Waals surface area contributed by atoms with Crippen LogP contribution in [0.15, 0.2) is 42.6 Å². The average Bonchev–Trinajstić information content (AvgIpc) is 2.75. The summed E-state index contributed by atoms with van der Waals surface area (Å²) in [4.78, 5) is 55.4. The van der Waals surface area contributed by atoms with Crippen molar-refractivity contribution in [3.63, 3.8) is 0 Å². The maximum absolute atomic E-state index is 12.9. The van der Waals surface area contributed by atoms with Gasteiger partial charge in [-0.05, 0) is 83.9 Å². The van der Waals surface area contributed by atoms with Gasteiger partial charge in [-0.15, -0.1) is 0 Å². The molecule has 2 heterocycles. The number of carbonyl (C=O) groups is 4. The number of amides is 3. The van der Waals surface area contributed by atoms with Crippen LogP contribution in [-0.4, -0.2) is 46.5 Å². The van der Waals surface area contributed by atoms with Crippen molar-refractivity contribution in [1.82, 2.24) is 10.3 Å². The molecular weight excluding hydrogens is 502 g/mol. The van der Waals surface area contributed by atoms with Gasteiger partial charge in [0.25, 0.3) is 0 Å². The van der Waals surface area contributed by atoms with Crippen LogP contribution in [0.5, 0.6) is 0 Å². The predicted molar refractivity (Wildman–Crippen MR) is 135 cm³/mol. The van der Waals surface area contributed by atoms with Gasteiger partial charge in [-0.1, -0.05) is 17.7 Å². The SMILES string of the molecule is CC(C)(C)OC(=O)N(C(=O)OC(C)(C)C)c1cc(CC2C(=O)N[C@@H]2OC(=O)c2cccc(Cl)c2)ccn1. The lowest BCUT2D eigenvalue weighted by Crippen LogP contribution is -2.60. The fraction of sp³-hybridized carbons (Fsp3) is 0.423. The summed E-state index contributed by atoms with van der Waals surface area (Å²) >= 11 is 5.93. The molecule has 1 N–H and O–H groups in total. The fourth-order valence-corrected chi connectivity index (χ4v) is 3.53. The van der Waals surface area contributed by atoms with Crippen molar-refractivity contribution in [1.29, 1.82) is 0 Å². The molecular formula is C26H30ClN3O7. The third-order valence-electron chi connectivity index (χ3n) is 4.93. The standard InChI is InChI=1S/C26H30ClN3O7/c1-25(2,3)36-23(33)30(24(34)37-26(4,5)6)19-13-15(10-11-28-19)12-18-20(31)29-21(18)35-22(32)16-8-7-9-17(27)14-16/h7-11,13-14,18,21H,12H2,1-6H3,(H,29,31)/t18?,21-/m1/s1. The van der Waals surface area contributed by atoms with E-state index in [1.807, 2.05) is 0 Å². The van der Waals surface area contributed by atoms with Crippen molar-refractivity contribution in [2.45, 2.75) is 65.4 Å². The van der Waals surface area contributed by atoms with Crippen LogP contribution in [0.4, 0.5) is 15.4 Å². The summed E-state index contributed by atoms with van der Waals surface area (Å²) < 4.78 is 16.2. The molecule has 11 heteroatoms. The number of halogens is 1. The summed E-state index contributed by atoms with van der Waals surface area (Å²) in [5.41, 5.74) is -0.923. The second kappa shape index (κ2) is 10.8. The van der Waals surface area contributed by atoms with E-state index in [0.29, 0.717) is 15.5 Å². The van der Waals surface area contributed by atoms with Gasteiger partial charge in [0.15, 0.2) is 6.23 Å². The summed E-state index contributed by atoms with van der Waals surface area (Å²) in [5.74, 6) is -1.66. The first-order valence-corrected chi connectivity index (χ1v) is 12.0. The lowest BCUT2D eigenvalue weighted by molar-refractivity contribution is -0.147. The van der Waals surface area contributed by atoms with Gasteiger partial charge < -0.3 is 19.5 Å². The molecule has 37 heavy (non-hydrogen) atoms. The third kappa shape index (κ3) is 7.66. The molecule has 1 saturated heterocycles. The van der Waals surface area contributed by atoms with E-state index in [2.05, 4.69) is 10.3 Å². The van der Waals surface area contributed by atoms with Gasteiger partial charge in [0.2, 0.25) is 5.91 Å². The molecule has 198 valence electrons. The van der Waals surface area contributed by atoms with Gasteiger partial charge in [0, 0.05) is 11.2 Å². The summed E-state index contributed by atoms with van der Waals surface area (Å²) in [6.45, 7) is 10.0. The summed E-state index contributed by atoms with van der Waals surface area (Å²) in [7, 11) is 0. The Morgan fingerprint density at radius 3 is 2.16 bits per heavy atom. The van der Waals surface area contributed by atoms with Gasteiger partial charge >= 0.3 is 18.2 Å². The molecule has 3 amide bonds. The number of nitrogens with zero attached hydrogens (tertiary/aromatic N) is 2. The Labute approximate surface area is 220 Å². The molecule has 0 bridgehead atoms. The Morgan fingerprint density at radius 1 is 1.00 bits per heavy atom. The number of pyridine rings is 1. The number of benzene rings is 1. The van der Waals surface area contributed by atoms with Crippen LogP contribution >= 0.6 is 11.6 Å². The molecule has 1 unspecified atom stereocenters. The molecule has 1 aliphatic heterocycles. The minimum absolute atomic E-state index is 0.0341. The number of ether oxygens (including phenoxy) is 3. The zero-order chi connectivity index (χ0) is 27.5. The number of hydrogen-bond donors (Lipinski definition) is 1. The molecule has 2 aromatic rings. The van der Waals surface area contributed by atoms with Crippen molar-refractivity contribution in [3.8, 4) is 0 Å². The van der Waals surface area contributed by atoms with E-state index in [9.17, 15) is 19.2 Å². The first kappa shape index (κ1) is 27.9. The number of hydrogen-bond acceptors (Lipinski definition) is 8. The van der Waals surface area contributed by atoms with Gasteiger partial charge in [-0.25, -0.2) is 19.4 Å². The van der Waals surface area contributed by atoms with E-state index < -0.39 is 41.5 Å². The van der Waals surface area contributed by atoms with Gasteiger partial charge in [0.05, 0.1) is 11.5 Å². The number of esters is 1. The molecule has 10 nitrogen and oxygen atoms in total. The highest BCUT2D eigenvalue weighted by molar-refractivity contribution is 6.30. The van der Waals surface area contributed by atoms with Gasteiger partial charge in [-0.2, -0.15) is 4.90 Å². The second-order valence-electron chi connectivity index (χ2n) is 10.5. The highest BCUT2D eigenvalue weighted by Gasteiger charge is 2.42. The number of anilines is 1. The van der Waals surface area contributed by atoms with Gasteiger partial charge in [0.1, 0.15) is 17.0 Å². The fourth-order valence-electron chi connectivity index (χ4n) is 3.34. The highest BCUT2D eigenvalue weighted by atomic mass is 35.5. The number of β-lactam (4-membered cyclic amide) rings is 1. The molecule has 0 aliphatic carbocycles. The number of imide groups is 1. The van der Waals surface area contributed by atoms with Crippen LogP contribution in [0.25, 0.3) is 0 Å². The molecule has 0 radical (unpaired) electrons. The molecule has 1 fully saturated rings. The summed E-state index contributed by atoms with van der Waals surface area (Å²) in [6.07, 6.45) is -1.22. The molecule has 2 atom stereocenters. The molecule has 1 aliphatic rings. The van der Waals surface area contributed by atoms with E-state index in [0.717, 1.165) is 0 Å². The van der Waals surface area contributed by atoms with Crippen LogP contribution in [-0.2, 0) is 25.4 Å². The monoisotopic (exact) mass is 531 g/mol.